The Balaban J connectivity index is 1.62. The molecule has 5 rings (SSSR count). The molecule has 5 nitrogen and oxygen atoms in total. The number of hydrogen-bond donors (Lipinski definition) is 1. The molecule has 4 fully saturated rings. The molecule has 0 aliphatic heterocycles. The van der Waals surface area contributed by atoms with Gasteiger partial charge in [-0.05, 0) is 89.8 Å². The van der Waals surface area contributed by atoms with Gasteiger partial charge in [0.2, 0.25) is 0 Å². The first-order valence-electron chi connectivity index (χ1n) is 14.1. The van der Waals surface area contributed by atoms with Crippen molar-refractivity contribution in [3.8, 4) is 6.07 Å². The standard InChI is InChI=1S/C31H43NO4/c1-18-20-7-8-29(5)23(28(20,4)14-19(17-32)26(18)36)13-22(33)25-21-15-27(2,3)9-11-31(21,16-24(34)35)12-10-30(25,29)6/h14,18,20-21,23,25H,7-13,15-16H2,1-6H3,(H,34,35)/t18-,20?,21?,23?,25?,28+,29-,30-,31-/m1/s1. The first-order valence-corrected chi connectivity index (χ1v) is 14.1. The fraction of sp³-hybridized carbons (Fsp3) is 0.806. The van der Waals surface area contributed by atoms with E-state index in [-0.39, 0.29) is 74.4 Å². The number of ketones is 2. The van der Waals surface area contributed by atoms with Gasteiger partial charge in [0.05, 0.1) is 12.0 Å². The number of rotatable bonds is 2. The van der Waals surface area contributed by atoms with Gasteiger partial charge in [-0.3, -0.25) is 14.4 Å². The maximum Gasteiger partial charge on any atom is 0.303 e. The predicted molar refractivity (Wildman–Crippen MR) is 137 cm³/mol. The van der Waals surface area contributed by atoms with Crippen LogP contribution in [-0.4, -0.2) is 22.6 Å². The van der Waals surface area contributed by atoms with E-state index in [1.807, 2.05) is 13.0 Å². The zero-order chi connectivity index (χ0) is 26.5. The van der Waals surface area contributed by atoms with Crippen LogP contribution in [0.4, 0.5) is 0 Å². The van der Waals surface area contributed by atoms with Crippen LogP contribution in [0.25, 0.3) is 0 Å². The van der Waals surface area contributed by atoms with Crippen molar-refractivity contribution in [1.29, 1.82) is 5.26 Å². The van der Waals surface area contributed by atoms with E-state index in [0.29, 0.717) is 12.2 Å². The van der Waals surface area contributed by atoms with Gasteiger partial charge in [0.1, 0.15) is 11.9 Å². The number of carbonyl (C=O) groups is 3. The van der Waals surface area contributed by atoms with Crippen molar-refractivity contribution < 1.29 is 19.5 Å². The van der Waals surface area contributed by atoms with E-state index in [1.165, 1.54) is 0 Å². The van der Waals surface area contributed by atoms with Gasteiger partial charge < -0.3 is 5.11 Å². The Hall–Kier alpha value is -1.96. The highest BCUT2D eigenvalue weighted by Gasteiger charge is 2.71. The van der Waals surface area contributed by atoms with Gasteiger partial charge in [0, 0.05) is 18.3 Å². The zero-order valence-electron chi connectivity index (χ0n) is 22.9. The summed E-state index contributed by atoms with van der Waals surface area (Å²) in [4.78, 5) is 39.3. The van der Waals surface area contributed by atoms with Gasteiger partial charge >= 0.3 is 5.97 Å². The minimum atomic E-state index is -0.737. The van der Waals surface area contributed by atoms with Crippen LogP contribution in [0.15, 0.2) is 11.6 Å². The number of carbonyl (C=O) groups excluding carboxylic acids is 2. The number of aliphatic carboxylic acids is 1. The Morgan fingerprint density at radius 1 is 1.03 bits per heavy atom. The monoisotopic (exact) mass is 493 g/mol. The van der Waals surface area contributed by atoms with Crippen molar-refractivity contribution in [3.05, 3.63) is 11.6 Å². The molecule has 0 aromatic rings. The Bertz CT molecular complexity index is 1100. The molecule has 36 heavy (non-hydrogen) atoms. The molecular formula is C31H43NO4. The lowest BCUT2D eigenvalue weighted by Crippen LogP contribution is -2.68. The molecule has 0 aromatic heterocycles. The average molecular weight is 494 g/mol. The normalized spacial score (nSPS) is 49.5. The second kappa shape index (κ2) is 7.78. The number of carboxylic acids is 1. The molecule has 5 heteroatoms. The van der Waals surface area contributed by atoms with E-state index in [4.69, 9.17) is 0 Å². The smallest absolute Gasteiger partial charge is 0.303 e. The maximum atomic E-state index is 14.3. The van der Waals surface area contributed by atoms with Crippen LogP contribution >= 0.6 is 0 Å². The summed E-state index contributed by atoms with van der Waals surface area (Å²) in [6.45, 7) is 13.5. The van der Waals surface area contributed by atoms with Crippen LogP contribution in [0.5, 0.6) is 0 Å². The summed E-state index contributed by atoms with van der Waals surface area (Å²) in [7, 11) is 0. The van der Waals surface area contributed by atoms with Crippen LogP contribution in [0, 0.1) is 68.0 Å². The number of nitriles is 1. The summed E-state index contributed by atoms with van der Waals surface area (Å²) in [6, 6.07) is 2.17. The molecule has 5 aliphatic rings. The molecule has 0 spiro atoms. The molecule has 196 valence electrons. The van der Waals surface area contributed by atoms with E-state index < -0.39 is 5.97 Å². The highest BCUT2D eigenvalue weighted by atomic mass is 16.4. The fourth-order valence-electron chi connectivity index (χ4n) is 10.6. The molecule has 0 bridgehead atoms. The molecular weight excluding hydrogens is 450 g/mol. The van der Waals surface area contributed by atoms with Crippen LogP contribution in [0.1, 0.15) is 99.3 Å². The molecule has 0 aromatic carbocycles. The second-order valence-electron chi connectivity index (χ2n) is 14.8. The lowest BCUT2D eigenvalue weighted by atomic mass is 9.32. The van der Waals surface area contributed by atoms with Crippen LogP contribution in [-0.2, 0) is 14.4 Å². The van der Waals surface area contributed by atoms with Crippen molar-refractivity contribution in [2.75, 3.05) is 0 Å². The van der Waals surface area contributed by atoms with E-state index >= 15 is 0 Å². The van der Waals surface area contributed by atoms with E-state index in [1.54, 1.807) is 0 Å². The van der Waals surface area contributed by atoms with Gasteiger partial charge in [-0.25, -0.2) is 0 Å². The molecule has 0 saturated heterocycles. The van der Waals surface area contributed by atoms with E-state index in [9.17, 15) is 24.8 Å². The first kappa shape index (κ1) is 25.7. The van der Waals surface area contributed by atoms with Crippen molar-refractivity contribution in [3.63, 3.8) is 0 Å². The number of fused-ring (bicyclic) bond motifs is 7. The van der Waals surface area contributed by atoms with Crippen molar-refractivity contribution in [2.45, 2.75) is 99.3 Å². The largest absolute Gasteiger partial charge is 0.481 e. The number of Topliss-reactive ketones (excluding diaryl/α,β-unsaturated/α-hetero) is 2. The summed E-state index contributed by atoms with van der Waals surface area (Å²) in [5, 5.41) is 19.7. The summed E-state index contributed by atoms with van der Waals surface area (Å²) < 4.78 is 0. The molecule has 9 atom stereocenters. The van der Waals surface area contributed by atoms with Gasteiger partial charge in [-0.15, -0.1) is 0 Å². The van der Waals surface area contributed by atoms with Crippen LogP contribution in [0.3, 0.4) is 0 Å². The minimum Gasteiger partial charge on any atom is -0.481 e. The number of nitrogens with zero attached hydrogens (tertiary/aromatic N) is 1. The molecule has 4 saturated carbocycles. The first-order chi connectivity index (χ1) is 16.6. The summed E-state index contributed by atoms with van der Waals surface area (Å²) in [5.41, 5.74) is -0.599. The quantitative estimate of drug-likeness (QED) is 0.482. The Labute approximate surface area is 216 Å². The van der Waals surface area contributed by atoms with Gasteiger partial charge in [0.15, 0.2) is 5.78 Å². The van der Waals surface area contributed by atoms with Crippen molar-refractivity contribution in [2.24, 2.45) is 56.7 Å². The molecule has 1 N–H and O–H groups in total. The van der Waals surface area contributed by atoms with Crippen molar-refractivity contribution >= 4 is 17.5 Å². The summed E-state index contributed by atoms with van der Waals surface area (Å²) in [5.74, 6) is -0.466. The van der Waals surface area contributed by atoms with Gasteiger partial charge in [0.25, 0.3) is 0 Å². The highest BCUT2D eigenvalue weighted by molar-refractivity contribution is 6.01. The minimum absolute atomic E-state index is 0.0460. The third-order valence-electron chi connectivity index (χ3n) is 12.8. The molecule has 5 aliphatic carbocycles. The lowest BCUT2D eigenvalue weighted by Gasteiger charge is -2.71. The van der Waals surface area contributed by atoms with Crippen LogP contribution < -0.4 is 0 Å². The molecule has 0 amide bonds. The molecule has 4 unspecified atom stereocenters. The molecule has 0 heterocycles. The third kappa shape index (κ3) is 3.21. The Morgan fingerprint density at radius 2 is 1.69 bits per heavy atom. The average Bonchev–Trinajstić information content (AvgIpc) is 2.78. The number of hydrogen-bond acceptors (Lipinski definition) is 4. The Kier molecular flexibility index (Phi) is 5.55. The van der Waals surface area contributed by atoms with Crippen LogP contribution in [0.2, 0.25) is 0 Å². The zero-order valence-corrected chi connectivity index (χ0v) is 22.9. The topological polar surface area (TPSA) is 95.2 Å². The maximum absolute atomic E-state index is 14.3. The Morgan fingerprint density at radius 3 is 2.33 bits per heavy atom. The predicted octanol–water partition coefficient (Wildman–Crippen LogP) is 6.37. The summed E-state index contributed by atoms with van der Waals surface area (Å²) >= 11 is 0. The van der Waals surface area contributed by atoms with E-state index in [0.717, 1.165) is 44.9 Å². The molecule has 0 radical (unpaired) electrons. The highest BCUT2D eigenvalue weighted by Crippen LogP contribution is 2.75. The summed E-state index contributed by atoms with van der Waals surface area (Å²) in [6.07, 6.45) is 9.07. The third-order valence-corrected chi connectivity index (χ3v) is 12.8. The second-order valence-corrected chi connectivity index (χ2v) is 14.8. The van der Waals surface area contributed by atoms with Gasteiger partial charge in [-0.2, -0.15) is 5.26 Å². The number of allylic oxidation sites excluding steroid dienone is 2. The fourth-order valence-corrected chi connectivity index (χ4v) is 10.6. The number of carboxylic acid groups (broad SMARTS) is 1. The van der Waals surface area contributed by atoms with Crippen molar-refractivity contribution in [1.82, 2.24) is 0 Å². The van der Waals surface area contributed by atoms with Gasteiger partial charge in [-0.1, -0.05) is 47.6 Å². The SMILES string of the molecule is C[C@H]1C(=O)C(C#N)=C[C@@]2(C)C1CC[C@]1(C)C2CC(=O)C2C3CC(C)(C)CC[C@]3(CC(=O)O)CC[C@]21C. The lowest BCUT2D eigenvalue weighted by molar-refractivity contribution is -0.221. The van der Waals surface area contributed by atoms with E-state index in [2.05, 4.69) is 40.7 Å².